The molecule has 2 aromatic rings. The highest BCUT2D eigenvalue weighted by atomic mass is 16.5. The van der Waals surface area contributed by atoms with E-state index in [0.29, 0.717) is 22.8 Å². The summed E-state index contributed by atoms with van der Waals surface area (Å²) >= 11 is 0. The van der Waals surface area contributed by atoms with Gasteiger partial charge in [0, 0.05) is 5.92 Å². The summed E-state index contributed by atoms with van der Waals surface area (Å²) in [6.07, 6.45) is 5.20. The van der Waals surface area contributed by atoms with E-state index in [0.717, 1.165) is 5.56 Å². The van der Waals surface area contributed by atoms with Crippen molar-refractivity contribution in [3.63, 3.8) is 0 Å². The monoisotopic (exact) mass is 326 g/mol. The molecule has 0 fully saturated rings. The summed E-state index contributed by atoms with van der Waals surface area (Å²) in [6.45, 7) is 7.82. The van der Waals surface area contributed by atoms with Crippen LogP contribution in [0.25, 0.3) is 0 Å². The number of carbonyl (C=O) groups is 1. The number of hydrogen-bond acceptors (Lipinski definition) is 4. The Bertz CT molecular complexity index is 756. The number of aryl methyl sites for hydroxylation is 1. The molecule has 24 heavy (non-hydrogen) atoms. The average molecular weight is 326 g/mol. The molecule has 1 N–H and O–H groups in total. The molecular weight excluding hydrogens is 304 g/mol. The zero-order valence-corrected chi connectivity index (χ0v) is 14.4. The minimum Gasteiger partial charge on any atom is -0.481 e. The molecule has 1 aromatic carbocycles. The van der Waals surface area contributed by atoms with Crippen LogP contribution in [0.15, 0.2) is 28.8 Å². The van der Waals surface area contributed by atoms with Crippen LogP contribution in [0.1, 0.15) is 60.1 Å². The topological polar surface area (TPSA) is 64.4 Å². The Morgan fingerprint density at radius 3 is 2.83 bits per heavy atom. The zero-order valence-electron chi connectivity index (χ0n) is 14.4. The van der Waals surface area contributed by atoms with Crippen molar-refractivity contribution in [2.45, 2.75) is 39.7 Å². The number of rotatable bonds is 6. The highest BCUT2D eigenvalue weighted by Crippen LogP contribution is 2.24. The molecule has 1 aromatic heterocycles. The number of nitrogens with one attached hydrogen (secondary N) is 1. The van der Waals surface area contributed by atoms with Gasteiger partial charge in [0.2, 0.25) is 0 Å². The van der Waals surface area contributed by atoms with Gasteiger partial charge in [-0.2, -0.15) is 0 Å². The molecule has 0 bridgehead atoms. The molecule has 1 amide bonds. The van der Waals surface area contributed by atoms with Crippen molar-refractivity contribution in [1.29, 1.82) is 0 Å². The Morgan fingerprint density at radius 2 is 2.17 bits per heavy atom. The average Bonchev–Trinajstić information content (AvgIpc) is 2.95. The maximum Gasteiger partial charge on any atom is 0.257 e. The van der Waals surface area contributed by atoms with Crippen molar-refractivity contribution < 1.29 is 14.1 Å². The van der Waals surface area contributed by atoms with E-state index >= 15 is 0 Å². The first-order valence-corrected chi connectivity index (χ1v) is 7.87. The molecule has 0 aliphatic rings. The van der Waals surface area contributed by atoms with Crippen LogP contribution in [0, 0.1) is 19.3 Å². The molecule has 126 valence electrons. The molecule has 1 atom stereocenters. The Labute approximate surface area is 142 Å². The number of terminal acetylenes is 1. The summed E-state index contributed by atoms with van der Waals surface area (Å²) in [6, 6.07) is 7.30. The fourth-order valence-corrected chi connectivity index (χ4v) is 2.41. The molecule has 5 heteroatoms. The lowest BCUT2D eigenvalue weighted by Gasteiger charge is -2.16. The minimum atomic E-state index is -0.195. The SMILES string of the molecule is C#CCOc1cccc(C(C)NC(=O)c2c(C)noc2C(C)C)c1. The molecule has 0 aliphatic heterocycles. The van der Waals surface area contributed by atoms with Gasteiger partial charge in [-0.1, -0.05) is 37.1 Å². The van der Waals surface area contributed by atoms with E-state index in [4.69, 9.17) is 15.7 Å². The van der Waals surface area contributed by atoms with Gasteiger partial charge < -0.3 is 14.6 Å². The fraction of sp³-hybridized carbons (Fsp3) is 0.368. The highest BCUT2D eigenvalue weighted by Gasteiger charge is 2.23. The molecular formula is C19H22N2O3. The van der Waals surface area contributed by atoms with Gasteiger partial charge >= 0.3 is 0 Å². The Morgan fingerprint density at radius 1 is 1.42 bits per heavy atom. The fourth-order valence-electron chi connectivity index (χ4n) is 2.41. The van der Waals surface area contributed by atoms with Gasteiger partial charge in [-0.25, -0.2) is 0 Å². The largest absolute Gasteiger partial charge is 0.481 e. The summed E-state index contributed by atoms with van der Waals surface area (Å²) in [5.74, 6) is 3.60. The van der Waals surface area contributed by atoms with Gasteiger partial charge in [0.1, 0.15) is 17.9 Å². The van der Waals surface area contributed by atoms with E-state index in [1.54, 1.807) is 6.92 Å². The summed E-state index contributed by atoms with van der Waals surface area (Å²) in [5.41, 5.74) is 2.03. The molecule has 1 heterocycles. The molecule has 5 nitrogen and oxygen atoms in total. The number of ether oxygens (including phenoxy) is 1. The van der Waals surface area contributed by atoms with Crippen molar-refractivity contribution in [3.05, 3.63) is 46.8 Å². The number of aromatic nitrogens is 1. The smallest absolute Gasteiger partial charge is 0.257 e. The molecule has 0 radical (unpaired) electrons. The molecule has 0 aliphatic carbocycles. The van der Waals surface area contributed by atoms with E-state index in [-0.39, 0.29) is 24.5 Å². The van der Waals surface area contributed by atoms with E-state index in [9.17, 15) is 4.79 Å². The van der Waals surface area contributed by atoms with Crippen molar-refractivity contribution in [2.24, 2.45) is 0 Å². The van der Waals surface area contributed by atoms with Crippen LogP contribution in [0.3, 0.4) is 0 Å². The molecule has 0 saturated carbocycles. The van der Waals surface area contributed by atoms with E-state index in [1.165, 1.54) is 0 Å². The summed E-state index contributed by atoms with van der Waals surface area (Å²) in [5, 5.41) is 6.90. The lowest BCUT2D eigenvalue weighted by molar-refractivity contribution is 0.0936. The van der Waals surface area contributed by atoms with Crippen molar-refractivity contribution in [2.75, 3.05) is 6.61 Å². The van der Waals surface area contributed by atoms with Gasteiger partial charge in [-0.3, -0.25) is 4.79 Å². The van der Waals surface area contributed by atoms with Crippen molar-refractivity contribution in [1.82, 2.24) is 10.5 Å². The second-order valence-corrected chi connectivity index (χ2v) is 5.92. The number of benzene rings is 1. The van der Waals surface area contributed by atoms with E-state index < -0.39 is 0 Å². The van der Waals surface area contributed by atoms with Crippen LogP contribution in [0.4, 0.5) is 0 Å². The maximum atomic E-state index is 12.6. The third-order valence-corrected chi connectivity index (χ3v) is 3.67. The van der Waals surface area contributed by atoms with Gasteiger partial charge in [-0.05, 0) is 31.5 Å². The van der Waals surface area contributed by atoms with Crippen LogP contribution < -0.4 is 10.1 Å². The van der Waals surface area contributed by atoms with Crippen LogP contribution in [0.5, 0.6) is 5.75 Å². The van der Waals surface area contributed by atoms with Gasteiger partial charge in [0.15, 0.2) is 5.76 Å². The summed E-state index contributed by atoms with van der Waals surface area (Å²) in [4.78, 5) is 12.6. The number of hydrogen-bond donors (Lipinski definition) is 1. The quantitative estimate of drug-likeness (QED) is 0.824. The summed E-state index contributed by atoms with van der Waals surface area (Å²) in [7, 11) is 0. The minimum absolute atomic E-state index is 0.0859. The Kier molecular flexibility index (Phi) is 5.64. The van der Waals surface area contributed by atoms with E-state index in [2.05, 4.69) is 16.4 Å². The predicted octanol–water partition coefficient (Wildman–Crippen LogP) is 3.61. The number of carbonyl (C=O) groups excluding carboxylic acids is 1. The van der Waals surface area contributed by atoms with Gasteiger partial charge in [0.25, 0.3) is 5.91 Å². The summed E-state index contributed by atoms with van der Waals surface area (Å²) < 4.78 is 10.7. The first kappa shape index (κ1) is 17.6. The second kappa shape index (κ2) is 7.69. The lowest BCUT2D eigenvalue weighted by Crippen LogP contribution is -2.27. The third-order valence-electron chi connectivity index (χ3n) is 3.67. The lowest BCUT2D eigenvalue weighted by atomic mass is 10.0. The second-order valence-electron chi connectivity index (χ2n) is 5.92. The Hall–Kier alpha value is -2.74. The van der Waals surface area contributed by atoms with E-state index in [1.807, 2.05) is 45.0 Å². The van der Waals surface area contributed by atoms with Gasteiger partial charge in [0.05, 0.1) is 11.7 Å². The third kappa shape index (κ3) is 3.96. The van der Waals surface area contributed by atoms with Crippen LogP contribution in [-0.4, -0.2) is 17.7 Å². The number of amides is 1. The zero-order chi connectivity index (χ0) is 17.7. The standard InChI is InChI=1S/C19H22N2O3/c1-6-10-23-16-9-7-8-15(11-16)13(4)20-19(22)17-14(5)21-24-18(17)12(2)3/h1,7-9,11-13H,10H2,2-5H3,(H,20,22). The number of nitrogens with zero attached hydrogens (tertiary/aromatic N) is 1. The van der Waals surface area contributed by atoms with Crippen LogP contribution in [0.2, 0.25) is 0 Å². The van der Waals surface area contributed by atoms with Crippen LogP contribution >= 0.6 is 0 Å². The normalized spacial score (nSPS) is 11.8. The predicted molar refractivity (Wildman–Crippen MR) is 92.0 cm³/mol. The van der Waals surface area contributed by atoms with Crippen LogP contribution in [-0.2, 0) is 0 Å². The van der Waals surface area contributed by atoms with Gasteiger partial charge in [-0.15, -0.1) is 6.42 Å². The maximum absolute atomic E-state index is 12.6. The molecule has 2 rings (SSSR count). The first-order chi connectivity index (χ1) is 11.4. The van der Waals surface area contributed by atoms with Crippen molar-refractivity contribution in [3.8, 4) is 18.1 Å². The Balaban J connectivity index is 2.15. The van der Waals surface area contributed by atoms with Crippen molar-refractivity contribution >= 4 is 5.91 Å². The highest BCUT2D eigenvalue weighted by molar-refractivity contribution is 5.96. The first-order valence-electron chi connectivity index (χ1n) is 7.87. The molecule has 1 unspecified atom stereocenters. The molecule has 0 spiro atoms. The molecule has 0 saturated heterocycles.